The van der Waals surface area contributed by atoms with E-state index in [1.165, 1.54) is 5.56 Å². The molecule has 1 aromatic carbocycles. The van der Waals surface area contributed by atoms with Crippen molar-refractivity contribution in [3.63, 3.8) is 0 Å². The van der Waals surface area contributed by atoms with Crippen molar-refractivity contribution in [1.29, 1.82) is 0 Å². The molecule has 0 radical (unpaired) electrons. The van der Waals surface area contributed by atoms with Crippen molar-refractivity contribution in [2.24, 2.45) is 0 Å². The molecule has 2 rings (SSSR count). The SMILES string of the molecule is CC1CC[C@H](O)c2ccccc21. The van der Waals surface area contributed by atoms with Gasteiger partial charge in [0.05, 0.1) is 6.10 Å². The highest BCUT2D eigenvalue weighted by molar-refractivity contribution is 5.33. The second kappa shape index (κ2) is 2.91. The highest BCUT2D eigenvalue weighted by Gasteiger charge is 2.21. The molecule has 0 heterocycles. The number of hydrogen-bond acceptors (Lipinski definition) is 1. The van der Waals surface area contributed by atoms with Gasteiger partial charge < -0.3 is 5.11 Å². The highest BCUT2D eigenvalue weighted by Crippen LogP contribution is 2.36. The maximum atomic E-state index is 9.68. The predicted octanol–water partition coefficient (Wildman–Crippen LogP) is 2.62. The van der Waals surface area contributed by atoms with Gasteiger partial charge in [-0.15, -0.1) is 0 Å². The van der Waals surface area contributed by atoms with Crippen molar-refractivity contribution in [2.45, 2.75) is 31.8 Å². The van der Waals surface area contributed by atoms with Gasteiger partial charge in [0.15, 0.2) is 0 Å². The number of aliphatic hydroxyl groups is 1. The Morgan fingerprint density at radius 1 is 1.17 bits per heavy atom. The number of hydrogen-bond donors (Lipinski definition) is 1. The summed E-state index contributed by atoms with van der Waals surface area (Å²) < 4.78 is 0. The van der Waals surface area contributed by atoms with E-state index in [1.54, 1.807) is 0 Å². The summed E-state index contributed by atoms with van der Waals surface area (Å²) in [6, 6.07) is 8.21. The largest absolute Gasteiger partial charge is 0.388 e. The molecule has 12 heavy (non-hydrogen) atoms. The van der Waals surface area contributed by atoms with Crippen LogP contribution in [0.5, 0.6) is 0 Å². The van der Waals surface area contributed by atoms with E-state index in [2.05, 4.69) is 13.0 Å². The Kier molecular flexibility index (Phi) is 1.89. The summed E-state index contributed by atoms with van der Waals surface area (Å²) in [6.07, 6.45) is 1.80. The third-order valence-electron chi connectivity index (χ3n) is 2.76. The fraction of sp³-hybridized carbons (Fsp3) is 0.455. The van der Waals surface area contributed by atoms with Crippen molar-refractivity contribution in [2.75, 3.05) is 0 Å². The van der Waals surface area contributed by atoms with Gasteiger partial charge in [-0.25, -0.2) is 0 Å². The van der Waals surface area contributed by atoms with Gasteiger partial charge in [-0.05, 0) is 29.9 Å². The first-order valence-corrected chi connectivity index (χ1v) is 4.56. The summed E-state index contributed by atoms with van der Waals surface area (Å²) in [5, 5.41) is 9.68. The standard InChI is InChI=1S/C11H14O/c1-8-6-7-11(12)10-5-3-2-4-9(8)10/h2-5,8,11-12H,6-7H2,1H3/t8?,11-/m0/s1. The van der Waals surface area contributed by atoms with Gasteiger partial charge in [-0.3, -0.25) is 0 Å². The van der Waals surface area contributed by atoms with E-state index >= 15 is 0 Å². The normalized spacial score (nSPS) is 28.2. The monoisotopic (exact) mass is 162 g/mol. The van der Waals surface area contributed by atoms with Crippen LogP contribution in [0.2, 0.25) is 0 Å². The van der Waals surface area contributed by atoms with Gasteiger partial charge in [-0.1, -0.05) is 31.2 Å². The molecule has 1 aliphatic carbocycles. The fourth-order valence-electron chi connectivity index (χ4n) is 1.98. The van der Waals surface area contributed by atoms with Crippen LogP contribution >= 0.6 is 0 Å². The third kappa shape index (κ3) is 1.14. The molecule has 1 unspecified atom stereocenters. The van der Waals surface area contributed by atoms with Gasteiger partial charge in [0.25, 0.3) is 0 Å². The molecule has 0 saturated carbocycles. The Balaban J connectivity index is 2.47. The maximum Gasteiger partial charge on any atom is 0.0793 e. The molecular formula is C11H14O. The lowest BCUT2D eigenvalue weighted by Gasteiger charge is -2.26. The van der Waals surface area contributed by atoms with Gasteiger partial charge in [-0.2, -0.15) is 0 Å². The molecule has 1 nitrogen and oxygen atoms in total. The second-order valence-corrected chi connectivity index (χ2v) is 3.62. The maximum absolute atomic E-state index is 9.68. The van der Waals surface area contributed by atoms with Crippen LogP contribution in [0.25, 0.3) is 0 Å². The van der Waals surface area contributed by atoms with Crippen LogP contribution in [0.3, 0.4) is 0 Å². The molecule has 0 fully saturated rings. The zero-order valence-corrected chi connectivity index (χ0v) is 7.33. The van der Waals surface area contributed by atoms with Crippen LogP contribution in [0.1, 0.15) is 42.9 Å². The molecule has 1 aliphatic rings. The van der Waals surface area contributed by atoms with E-state index in [1.807, 2.05) is 18.2 Å². The second-order valence-electron chi connectivity index (χ2n) is 3.62. The lowest BCUT2D eigenvalue weighted by molar-refractivity contribution is 0.151. The molecular weight excluding hydrogens is 148 g/mol. The number of benzene rings is 1. The Hall–Kier alpha value is -0.820. The Morgan fingerprint density at radius 3 is 2.50 bits per heavy atom. The van der Waals surface area contributed by atoms with E-state index in [-0.39, 0.29) is 6.10 Å². The van der Waals surface area contributed by atoms with E-state index in [0.29, 0.717) is 5.92 Å². The van der Waals surface area contributed by atoms with Gasteiger partial charge in [0.1, 0.15) is 0 Å². The molecule has 1 N–H and O–H groups in total. The number of fused-ring (bicyclic) bond motifs is 1. The molecule has 0 spiro atoms. The first-order valence-electron chi connectivity index (χ1n) is 4.56. The lowest BCUT2D eigenvalue weighted by Crippen LogP contribution is -2.11. The Bertz CT molecular complexity index is 251. The van der Waals surface area contributed by atoms with Crippen LogP contribution in [0.15, 0.2) is 24.3 Å². The van der Waals surface area contributed by atoms with E-state index in [9.17, 15) is 5.11 Å². The van der Waals surface area contributed by atoms with Gasteiger partial charge in [0.2, 0.25) is 0 Å². The van der Waals surface area contributed by atoms with E-state index < -0.39 is 0 Å². The average molecular weight is 162 g/mol. The molecule has 0 amide bonds. The minimum atomic E-state index is -0.225. The van der Waals surface area contributed by atoms with E-state index in [4.69, 9.17) is 0 Å². The molecule has 64 valence electrons. The van der Waals surface area contributed by atoms with Crippen LogP contribution in [0.4, 0.5) is 0 Å². The van der Waals surface area contributed by atoms with Crippen LogP contribution in [-0.4, -0.2) is 5.11 Å². The zero-order valence-electron chi connectivity index (χ0n) is 7.33. The molecule has 1 aromatic rings. The first kappa shape index (κ1) is 7.81. The first-order chi connectivity index (χ1) is 5.79. The van der Waals surface area contributed by atoms with Gasteiger partial charge >= 0.3 is 0 Å². The van der Waals surface area contributed by atoms with Crippen molar-refractivity contribution in [3.05, 3.63) is 35.4 Å². The Morgan fingerprint density at radius 2 is 1.83 bits per heavy atom. The minimum Gasteiger partial charge on any atom is -0.388 e. The molecule has 0 bridgehead atoms. The lowest BCUT2D eigenvalue weighted by atomic mass is 9.82. The van der Waals surface area contributed by atoms with Gasteiger partial charge in [0, 0.05) is 0 Å². The van der Waals surface area contributed by atoms with Crippen LogP contribution < -0.4 is 0 Å². The zero-order chi connectivity index (χ0) is 8.55. The third-order valence-corrected chi connectivity index (χ3v) is 2.76. The smallest absolute Gasteiger partial charge is 0.0793 e. The van der Waals surface area contributed by atoms with Crippen molar-refractivity contribution in [3.8, 4) is 0 Å². The fourth-order valence-corrected chi connectivity index (χ4v) is 1.98. The van der Waals surface area contributed by atoms with Crippen LogP contribution in [0, 0.1) is 0 Å². The summed E-state index contributed by atoms with van der Waals surface area (Å²) in [5.41, 5.74) is 2.47. The molecule has 1 heteroatoms. The van der Waals surface area contributed by atoms with Crippen LogP contribution in [-0.2, 0) is 0 Å². The number of rotatable bonds is 0. The average Bonchev–Trinajstić information content (AvgIpc) is 2.12. The molecule has 0 aliphatic heterocycles. The highest BCUT2D eigenvalue weighted by atomic mass is 16.3. The summed E-state index contributed by atoms with van der Waals surface area (Å²) >= 11 is 0. The van der Waals surface area contributed by atoms with Crippen molar-refractivity contribution in [1.82, 2.24) is 0 Å². The quantitative estimate of drug-likeness (QED) is 0.621. The summed E-state index contributed by atoms with van der Waals surface area (Å²) in [6.45, 7) is 2.23. The molecule has 0 saturated heterocycles. The topological polar surface area (TPSA) is 20.2 Å². The summed E-state index contributed by atoms with van der Waals surface area (Å²) in [4.78, 5) is 0. The summed E-state index contributed by atoms with van der Waals surface area (Å²) in [7, 11) is 0. The predicted molar refractivity (Wildman–Crippen MR) is 49.1 cm³/mol. The molecule has 2 atom stereocenters. The minimum absolute atomic E-state index is 0.225. The van der Waals surface area contributed by atoms with Crippen molar-refractivity contribution < 1.29 is 5.11 Å². The molecule has 0 aromatic heterocycles. The Labute approximate surface area is 73.0 Å². The van der Waals surface area contributed by atoms with E-state index in [0.717, 1.165) is 18.4 Å². The van der Waals surface area contributed by atoms with Crippen molar-refractivity contribution >= 4 is 0 Å². The summed E-state index contributed by atoms with van der Waals surface area (Å²) in [5.74, 6) is 0.615. The number of aliphatic hydroxyl groups excluding tert-OH is 1.